The average Bonchev–Trinajstić information content (AvgIpc) is 2.89. The molecule has 0 N–H and O–H groups in total. The molecule has 2 fully saturated rings. The third-order valence-electron chi connectivity index (χ3n) is 8.75. The molecule has 0 saturated heterocycles. The fraction of sp³-hybridized carbons (Fsp3) is 0.613. The molecular weight excluding hydrogens is 445 g/mol. The van der Waals surface area contributed by atoms with E-state index in [1.54, 1.807) is 6.07 Å². The minimum absolute atomic E-state index is 0.157. The summed E-state index contributed by atoms with van der Waals surface area (Å²) < 4.78 is 49.0. The smallest absolute Gasteiger partial charge is 0.316 e. The molecule has 0 bridgehead atoms. The molecule has 2 aromatic carbocycles. The van der Waals surface area contributed by atoms with Crippen LogP contribution in [0.15, 0.2) is 42.5 Å². The van der Waals surface area contributed by atoms with Gasteiger partial charge in [-0.3, -0.25) is 0 Å². The van der Waals surface area contributed by atoms with Gasteiger partial charge in [-0.25, -0.2) is 4.39 Å². The average molecular weight is 487 g/mol. The van der Waals surface area contributed by atoms with Crippen molar-refractivity contribution in [1.29, 1.82) is 0 Å². The summed E-state index contributed by atoms with van der Waals surface area (Å²) in [6.45, 7) is 4.32. The summed E-state index contributed by atoms with van der Waals surface area (Å²) in [4.78, 5) is 0. The van der Waals surface area contributed by atoms with Crippen LogP contribution in [-0.2, 0) is 17.3 Å². The van der Waals surface area contributed by atoms with Gasteiger partial charge in [-0.15, -0.1) is 0 Å². The second-order valence-corrected chi connectivity index (χ2v) is 10.8. The van der Waals surface area contributed by atoms with E-state index in [4.69, 9.17) is 4.74 Å². The van der Waals surface area contributed by atoms with Crippen molar-refractivity contribution in [2.24, 2.45) is 11.8 Å². The van der Waals surface area contributed by atoms with Gasteiger partial charge in [0.25, 0.3) is 0 Å². The van der Waals surface area contributed by atoms with Gasteiger partial charge < -0.3 is 4.74 Å². The number of benzene rings is 2. The third kappa shape index (κ3) is 6.70. The topological polar surface area (TPSA) is 9.23 Å². The Morgan fingerprint density at radius 3 is 1.77 bits per heavy atom. The van der Waals surface area contributed by atoms with Crippen LogP contribution in [-0.4, -0.2) is 6.61 Å². The Morgan fingerprint density at radius 2 is 1.26 bits per heavy atom. The molecule has 192 valence electrons. The molecule has 0 heterocycles. The lowest BCUT2D eigenvalue weighted by Crippen LogP contribution is -2.22. The van der Waals surface area contributed by atoms with Crippen LogP contribution in [0.25, 0.3) is 0 Å². The maximum Gasteiger partial charge on any atom is 0.386 e. The van der Waals surface area contributed by atoms with Gasteiger partial charge >= 0.3 is 6.11 Å². The van der Waals surface area contributed by atoms with Crippen LogP contribution < -0.4 is 0 Å². The van der Waals surface area contributed by atoms with Crippen LogP contribution in [0.4, 0.5) is 13.2 Å². The maximum atomic E-state index is 14.7. The summed E-state index contributed by atoms with van der Waals surface area (Å²) in [5.74, 6) is 1.61. The molecule has 2 aliphatic rings. The Labute approximate surface area is 209 Å². The van der Waals surface area contributed by atoms with Crippen molar-refractivity contribution in [1.82, 2.24) is 0 Å². The molecule has 2 aliphatic carbocycles. The molecule has 0 aliphatic heterocycles. The number of ether oxygens (including phenoxy) is 1. The standard InChI is InChI=1S/C31H41F3O/c1-3-22-5-11-25(12-6-22)26-15-9-24(10-16-26)19-20-35-31(33,34)29-18-17-28(21-30(29)32)27-13-7-23(4-2)8-14-27/h9-10,15-18,21-23,25,27H,3-8,11-14,19-20H2,1-2H3. The summed E-state index contributed by atoms with van der Waals surface area (Å²) in [5, 5.41) is 0. The number of rotatable bonds is 9. The lowest BCUT2D eigenvalue weighted by molar-refractivity contribution is -0.249. The first-order valence-electron chi connectivity index (χ1n) is 13.8. The highest BCUT2D eigenvalue weighted by atomic mass is 19.3. The van der Waals surface area contributed by atoms with Gasteiger partial charge in [-0.1, -0.05) is 57.0 Å². The van der Waals surface area contributed by atoms with E-state index in [0.29, 0.717) is 12.3 Å². The van der Waals surface area contributed by atoms with Crippen molar-refractivity contribution in [3.8, 4) is 0 Å². The Balaban J connectivity index is 1.28. The zero-order valence-corrected chi connectivity index (χ0v) is 21.4. The number of alkyl halides is 2. The van der Waals surface area contributed by atoms with Gasteiger partial charge in [0.05, 0.1) is 12.2 Å². The van der Waals surface area contributed by atoms with Crippen LogP contribution in [0.1, 0.15) is 112 Å². The van der Waals surface area contributed by atoms with Crippen LogP contribution >= 0.6 is 0 Å². The summed E-state index contributed by atoms with van der Waals surface area (Å²) in [6.07, 6.45) is 8.50. The van der Waals surface area contributed by atoms with Crippen molar-refractivity contribution in [3.05, 3.63) is 70.5 Å². The van der Waals surface area contributed by atoms with Crippen LogP contribution in [0.2, 0.25) is 0 Å². The Bertz CT molecular complexity index is 923. The van der Waals surface area contributed by atoms with Crippen molar-refractivity contribution >= 4 is 0 Å². The molecule has 4 rings (SSSR count). The molecular formula is C31H41F3O. The third-order valence-corrected chi connectivity index (χ3v) is 8.75. The predicted molar refractivity (Wildman–Crippen MR) is 136 cm³/mol. The van der Waals surface area contributed by atoms with E-state index < -0.39 is 17.5 Å². The zero-order valence-electron chi connectivity index (χ0n) is 21.4. The van der Waals surface area contributed by atoms with Crippen LogP contribution in [0.5, 0.6) is 0 Å². The minimum atomic E-state index is -3.64. The van der Waals surface area contributed by atoms with E-state index in [0.717, 1.165) is 48.6 Å². The van der Waals surface area contributed by atoms with Crippen molar-refractivity contribution < 1.29 is 17.9 Å². The molecule has 1 nitrogen and oxygen atoms in total. The van der Waals surface area contributed by atoms with Crippen LogP contribution in [0, 0.1) is 17.7 Å². The van der Waals surface area contributed by atoms with Gasteiger partial charge in [-0.05, 0) is 110 Å². The van der Waals surface area contributed by atoms with Gasteiger partial charge in [-0.2, -0.15) is 8.78 Å². The summed E-state index contributed by atoms with van der Waals surface area (Å²) >= 11 is 0. The molecule has 0 radical (unpaired) electrons. The van der Waals surface area contributed by atoms with Crippen LogP contribution in [0.3, 0.4) is 0 Å². The first kappa shape index (κ1) is 26.3. The van der Waals surface area contributed by atoms with E-state index in [1.807, 2.05) is 12.1 Å². The quantitative estimate of drug-likeness (QED) is 0.343. The molecule has 35 heavy (non-hydrogen) atoms. The minimum Gasteiger partial charge on any atom is -0.316 e. The number of hydrogen-bond acceptors (Lipinski definition) is 1. The lowest BCUT2D eigenvalue weighted by Gasteiger charge is -2.28. The second kappa shape index (κ2) is 12.0. The van der Waals surface area contributed by atoms with E-state index in [1.165, 1.54) is 56.2 Å². The first-order chi connectivity index (χ1) is 16.9. The largest absolute Gasteiger partial charge is 0.386 e. The zero-order chi connectivity index (χ0) is 24.8. The molecule has 0 aromatic heterocycles. The SMILES string of the molecule is CCC1CCC(c2ccc(CCOC(F)(F)c3ccc(C4CCC(CC)CC4)cc3F)cc2)CC1. The molecule has 0 unspecified atom stereocenters. The van der Waals surface area contributed by atoms with Gasteiger partial charge in [0.15, 0.2) is 0 Å². The molecule has 0 spiro atoms. The van der Waals surface area contributed by atoms with Gasteiger partial charge in [0.1, 0.15) is 5.82 Å². The van der Waals surface area contributed by atoms with E-state index in [9.17, 15) is 13.2 Å². The fourth-order valence-electron chi connectivity index (χ4n) is 6.16. The van der Waals surface area contributed by atoms with E-state index in [-0.39, 0.29) is 12.5 Å². The van der Waals surface area contributed by atoms with E-state index in [2.05, 4.69) is 26.0 Å². The highest BCUT2D eigenvalue weighted by Gasteiger charge is 2.36. The number of hydrogen-bond donors (Lipinski definition) is 0. The summed E-state index contributed by atoms with van der Waals surface area (Å²) in [6, 6.07) is 12.5. The molecule has 0 amide bonds. The highest BCUT2D eigenvalue weighted by molar-refractivity contribution is 5.29. The molecule has 2 saturated carbocycles. The Morgan fingerprint density at radius 1 is 0.743 bits per heavy atom. The first-order valence-corrected chi connectivity index (χ1v) is 13.8. The molecule has 0 atom stereocenters. The second-order valence-electron chi connectivity index (χ2n) is 10.8. The summed E-state index contributed by atoms with van der Waals surface area (Å²) in [5.41, 5.74) is 2.48. The monoisotopic (exact) mass is 486 g/mol. The highest BCUT2D eigenvalue weighted by Crippen LogP contribution is 2.40. The summed E-state index contributed by atoms with van der Waals surface area (Å²) in [7, 11) is 0. The van der Waals surface area contributed by atoms with E-state index >= 15 is 0 Å². The maximum absolute atomic E-state index is 14.7. The van der Waals surface area contributed by atoms with Crippen molar-refractivity contribution in [2.45, 2.75) is 102 Å². The van der Waals surface area contributed by atoms with Crippen molar-refractivity contribution in [2.75, 3.05) is 6.61 Å². The fourth-order valence-corrected chi connectivity index (χ4v) is 6.16. The normalized spacial score (nSPS) is 25.5. The molecule has 4 heteroatoms. The van der Waals surface area contributed by atoms with Gasteiger partial charge in [0.2, 0.25) is 0 Å². The Kier molecular flexibility index (Phi) is 8.97. The molecule has 2 aromatic rings. The predicted octanol–water partition coefficient (Wildman–Crippen LogP) is 9.50. The van der Waals surface area contributed by atoms with Crippen molar-refractivity contribution in [3.63, 3.8) is 0 Å². The van der Waals surface area contributed by atoms with Gasteiger partial charge in [0, 0.05) is 0 Å². The Hall–Kier alpha value is -1.81. The lowest BCUT2D eigenvalue weighted by atomic mass is 9.78. The number of halogens is 3.